The first kappa shape index (κ1) is 30.3. The number of ether oxygens (including phenoxy) is 3. The minimum atomic E-state index is -0.563. The molecule has 1 aromatic rings. The van der Waals surface area contributed by atoms with E-state index in [0.29, 0.717) is 63.3 Å². The van der Waals surface area contributed by atoms with Crippen LogP contribution in [0.4, 0.5) is 4.79 Å². The highest BCUT2D eigenvalue weighted by Crippen LogP contribution is 2.32. The van der Waals surface area contributed by atoms with E-state index < -0.39 is 17.2 Å². The van der Waals surface area contributed by atoms with Crippen molar-refractivity contribution < 1.29 is 33.4 Å². The van der Waals surface area contributed by atoms with Crippen molar-refractivity contribution in [2.24, 2.45) is 0 Å². The van der Waals surface area contributed by atoms with Crippen molar-refractivity contribution in [3.63, 3.8) is 0 Å². The molecule has 0 saturated carbocycles. The molecule has 0 aromatic carbocycles. The summed E-state index contributed by atoms with van der Waals surface area (Å²) in [6, 6.07) is 1.41. The summed E-state index contributed by atoms with van der Waals surface area (Å²) in [7, 11) is 0. The Morgan fingerprint density at radius 2 is 1.57 bits per heavy atom. The molecule has 40 heavy (non-hydrogen) atoms. The molecular weight excluding hydrogens is 534 g/mol. The number of hydrogen-bond acceptors (Lipinski definition) is 8. The van der Waals surface area contributed by atoms with Gasteiger partial charge in [-0.15, -0.1) is 11.3 Å². The van der Waals surface area contributed by atoms with Crippen molar-refractivity contribution in [3.8, 4) is 0 Å². The topological polar surface area (TPSA) is 106 Å². The number of likely N-dealkylation sites (tertiary alicyclic amines) is 2. The molecule has 3 aliphatic heterocycles. The maximum atomic E-state index is 13.6. The van der Waals surface area contributed by atoms with Gasteiger partial charge in [0.15, 0.2) is 0 Å². The van der Waals surface area contributed by atoms with Gasteiger partial charge in [0.25, 0.3) is 5.91 Å². The molecular formula is C29H43N3O7S. The fourth-order valence-electron chi connectivity index (χ4n) is 5.34. The zero-order valence-corrected chi connectivity index (χ0v) is 25.4. The third-order valence-electron chi connectivity index (χ3n) is 7.14. The molecule has 3 aliphatic rings. The van der Waals surface area contributed by atoms with Gasteiger partial charge >= 0.3 is 12.1 Å². The number of rotatable bonds is 5. The molecule has 0 radical (unpaired) electrons. The second-order valence-corrected chi connectivity index (χ2v) is 13.9. The molecule has 2 saturated heterocycles. The molecule has 1 aromatic heterocycles. The van der Waals surface area contributed by atoms with Crippen LogP contribution in [-0.2, 0) is 36.8 Å². The van der Waals surface area contributed by atoms with E-state index in [4.69, 9.17) is 14.2 Å². The summed E-state index contributed by atoms with van der Waals surface area (Å²) in [4.78, 5) is 58.5. The molecule has 222 valence electrons. The number of piperidine rings is 1. The zero-order valence-electron chi connectivity index (χ0n) is 24.6. The molecule has 0 aliphatic carbocycles. The standard InChI is InChI=1S/C29H43N3O7S/c1-28(2,3)38-24(33)18-37-20-9-13-30(14-10-20)25(34)21-8-7-12-32(21)26(35)23-16-19-17-31(15-11-22(19)40-23)27(36)39-29(4,5)6/h16,20-21H,7-15,17-18H2,1-6H3/t21-/m0/s1. The van der Waals surface area contributed by atoms with Gasteiger partial charge in [0.1, 0.15) is 23.9 Å². The van der Waals surface area contributed by atoms with E-state index in [1.807, 2.05) is 52.5 Å². The number of carbonyl (C=O) groups excluding carboxylic acids is 4. The molecule has 0 spiro atoms. The van der Waals surface area contributed by atoms with Crippen LogP contribution in [0.5, 0.6) is 0 Å². The second kappa shape index (κ2) is 12.1. The number of carbonyl (C=O) groups is 4. The molecule has 3 amide bonds. The maximum Gasteiger partial charge on any atom is 0.410 e. The highest BCUT2D eigenvalue weighted by atomic mass is 32.1. The predicted octanol–water partition coefficient (Wildman–Crippen LogP) is 4.00. The van der Waals surface area contributed by atoms with Gasteiger partial charge < -0.3 is 28.9 Å². The summed E-state index contributed by atoms with van der Waals surface area (Å²) in [6.07, 6.45) is 2.95. The number of hydrogen-bond donors (Lipinski definition) is 0. The Balaban J connectivity index is 1.30. The van der Waals surface area contributed by atoms with Gasteiger partial charge in [-0.1, -0.05) is 0 Å². The minimum absolute atomic E-state index is 0.0196. The number of thiophene rings is 1. The van der Waals surface area contributed by atoms with Crippen molar-refractivity contribution in [1.82, 2.24) is 14.7 Å². The number of nitrogens with zero attached hydrogens (tertiary/aromatic N) is 3. The van der Waals surface area contributed by atoms with E-state index >= 15 is 0 Å². The molecule has 2 fully saturated rings. The summed E-state index contributed by atoms with van der Waals surface area (Å²) in [5.41, 5.74) is -0.141. The van der Waals surface area contributed by atoms with Gasteiger partial charge in [-0.2, -0.15) is 0 Å². The van der Waals surface area contributed by atoms with Gasteiger partial charge in [0.05, 0.1) is 17.5 Å². The van der Waals surface area contributed by atoms with Gasteiger partial charge in [-0.25, -0.2) is 9.59 Å². The van der Waals surface area contributed by atoms with Crippen LogP contribution in [0.25, 0.3) is 0 Å². The van der Waals surface area contributed by atoms with Crippen LogP contribution in [0, 0.1) is 0 Å². The minimum Gasteiger partial charge on any atom is -0.458 e. The number of esters is 1. The fraction of sp³-hybridized carbons (Fsp3) is 0.724. The van der Waals surface area contributed by atoms with Crippen LogP contribution < -0.4 is 0 Å². The summed E-state index contributed by atoms with van der Waals surface area (Å²) < 4.78 is 16.6. The molecule has 10 nitrogen and oxygen atoms in total. The monoisotopic (exact) mass is 577 g/mol. The summed E-state index contributed by atoms with van der Waals surface area (Å²) in [5, 5.41) is 0. The third kappa shape index (κ3) is 7.75. The van der Waals surface area contributed by atoms with Gasteiger partial charge in [0.2, 0.25) is 5.91 Å². The lowest BCUT2D eigenvalue weighted by Crippen LogP contribution is -2.50. The fourth-order valence-corrected chi connectivity index (χ4v) is 6.46. The third-order valence-corrected chi connectivity index (χ3v) is 8.36. The average molecular weight is 578 g/mol. The molecule has 0 bridgehead atoms. The Morgan fingerprint density at radius 3 is 2.23 bits per heavy atom. The van der Waals surface area contributed by atoms with E-state index in [-0.39, 0.29) is 36.6 Å². The van der Waals surface area contributed by atoms with Crippen LogP contribution in [0.1, 0.15) is 87.3 Å². The molecule has 11 heteroatoms. The Bertz CT molecular complexity index is 1110. The first-order valence-electron chi connectivity index (χ1n) is 14.2. The van der Waals surface area contributed by atoms with Crippen LogP contribution in [-0.4, -0.2) is 94.7 Å². The summed E-state index contributed by atoms with van der Waals surface area (Å²) >= 11 is 1.47. The molecule has 4 rings (SSSR count). The molecule has 0 unspecified atom stereocenters. The smallest absolute Gasteiger partial charge is 0.410 e. The quantitative estimate of drug-likeness (QED) is 0.487. The lowest BCUT2D eigenvalue weighted by molar-refractivity contribution is -0.163. The van der Waals surface area contributed by atoms with Crippen molar-refractivity contribution in [2.75, 3.05) is 32.8 Å². The SMILES string of the molecule is CC(C)(C)OC(=O)COC1CCN(C(=O)[C@@H]2CCCN2C(=O)c2cc3c(s2)CCN(C(=O)OC(C)(C)C)C3)CC1. The van der Waals surface area contributed by atoms with E-state index in [2.05, 4.69) is 0 Å². The largest absolute Gasteiger partial charge is 0.458 e. The van der Waals surface area contributed by atoms with E-state index in [9.17, 15) is 19.2 Å². The van der Waals surface area contributed by atoms with Crippen LogP contribution >= 0.6 is 11.3 Å². The first-order valence-corrected chi connectivity index (χ1v) is 15.0. The number of fused-ring (bicyclic) bond motifs is 1. The van der Waals surface area contributed by atoms with E-state index in [0.717, 1.165) is 16.9 Å². The number of amides is 3. The van der Waals surface area contributed by atoms with Gasteiger partial charge in [-0.05, 0) is 85.3 Å². The Hall–Kier alpha value is -2.66. The average Bonchev–Trinajstić information content (AvgIpc) is 3.52. The van der Waals surface area contributed by atoms with Crippen molar-refractivity contribution in [3.05, 3.63) is 21.4 Å². The molecule has 4 heterocycles. The lowest BCUT2D eigenvalue weighted by atomic mass is 10.1. The van der Waals surface area contributed by atoms with E-state index in [1.165, 1.54) is 11.3 Å². The second-order valence-electron chi connectivity index (χ2n) is 12.8. The van der Waals surface area contributed by atoms with Crippen molar-refractivity contribution >= 4 is 35.2 Å². The maximum absolute atomic E-state index is 13.6. The Labute approximate surface area is 240 Å². The zero-order chi connectivity index (χ0) is 29.2. The Kier molecular flexibility index (Phi) is 9.14. The van der Waals surface area contributed by atoms with Gasteiger partial charge in [0, 0.05) is 31.1 Å². The van der Waals surface area contributed by atoms with Crippen LogP contribution in [0.15, 0.2) is 6.07 Å². The Morgan fingerprint density at radius 1 is 0.900 bits per heavy atom. The predicted molar refractivity (Wildman–Crippen MR) is 150 cm³/mol. The van der Waals surface area contributed by atoms with Crippen molar-refractivity contribution in [2.45, 2.75) is 104 Å². The van der Waals surface area contributed by atoms with Crippen molar-refractivity contribution in [1.29, 1.82) is 0 Å². The summed E-state index contributed by atoms with van der Waals surface area (Å²) in [6.45, 7) is 13.5. The van der Waals surface area contributed by atoms with E-state index in [1.54, 1.807) is 9.80 Å². The normalized spacial score (nSPS) is 20.4. The molecule has 0 N–H and O–H groups in total. The summed E-state index contributed by atoms with van der Waals surface area (Å²) in [5.74, 6) is -0.526. The van der Waals surface area contributed by atoms with Crippen LogP contribution in [0.2, 0.25) is 0 Å². The molecule has 1 atom stereocenters. The van der Waals surface area contributed by atoms with Gasteiger partial charge in [-0.3, -0.25) is 9.59 Å². The van der Waals surface area contributed by atoms with Crippen LogP contribution in [0.3, 0.4) is 0 Å². The highest BCUT2D eigenvalue weighted by molar-refractivity contribution is 7.14. The lowest BCUT2D eigenvalue weighted by Gasteiger charge is -2.35. The first-order chi connectivity index (χ1) is 18.7. The highest BCUT2D eigenvalue weighted by Gasteiger charge is 2.39.